The van der Waals surface area contributed by atoms with E-state index in [1.807, 2.05) is 30.3 Å². The highest BCUT2D eigenvalue weighted by Crippen LogP contribution is 2.19. The maximum atomic E-state index is 12.0. The van der Waals surface area contributed by atoms with E-state index < -0.39 is 0 Å². The van der Waals surface area contributed by atoms with Crippen LogP contribution in [-0.4, -0.2) is 29.8 Å². The van der Waals surface area contributed by atoms with Gasteiger partial charge < -0.3 is 0 Å². The molecule has 2 heteroatoms. The average Bonchev–Trinajstić information content (AvgIpc) is 2.77. The number of likely N-dealkylation sites (tertiary alicyclic amines) is 1. The molecule has 1 atom stereocenters. The number of nitrogens with zero attached hydrogens (tertiary/aromatic N) is 1. The van der Waals surface area contributed by atoms with Crippen LogP contribution >= 0.6 is 0 Å². The van der Waals surface area contributed by atoms with Crippen molar-refractivity contribution in [1.29, 1.82) is 0 Å². The number of hydrogen-bond donors (Lipinski definition) is 0. The van der Waals surface area contributed by atoms with Gasteiger partial charge in [0.1, 0.15) is 0 Å². The van der Waals surface area contributed by atoms with Crippen LogP contribution in [-0.2, 0) is 11.2 Å². The third-order valence-corrected chi connectivity index (χ3v) is 3.59. The monoisotopic (exact) mass is 231 g/mol. The van der Waals surface area contributed by atoms with Crippen molar-refractivity contribution in [2.75, 3.05) is 13.1 Å². The molecule has 1 fully saturated rings. The number of Topliss-reactive ketones (excluding diaryl/α,β-unsaturated/α-hetero) is 1. The van der Waals surface area contributed by atoms with E-state index in [9.17, 15) is 4.79 Å². The average molecular weight is 231 g/mol. The lowest BCUT2D eigenvalue weighted by atomic mass is 10.1. The van der Waals surface area contributed by atoms with E-state index in [1.165, 1.54) is 19.3 Å². The van der Waals surface area contributed by atoms with Gasteiger partial charge >= 0.3 is 0 Å². The first-order valence-corrected chi connectivity index (χ1v) is 6.59. The Morgan fingerprint density at radius 2 is 2.12 bits per heavy atom. The Balaban J connectivity index is 1.85. The highest BCUT2D eigenvalue weighted by atomic mass is 16.1. The molecule has 0 saturated carbocycles. The molecule has 0 N–H and O–H groups in total. The van der Waals surface area contributed by atoms with Crippen molar-refractivity contribution in [2.24, 2.45) is 0 Å². The van der Waals surface area contributed by atoms with E-state index in [2.05, 4.69) is 11.8 Å². The number of ketones is 1. The first kappa shape index (κ1) is 12.3. The molecule has 1 aromatic carbocycles. The molecule has 92 valence electrons. The fourth-order valence-corrected chi connectivity index (χ4v) is 2.67. The highest BCUT2D eigenvalue weighted by molar-refractivity contribution is 5.82. The summed E-state index contributed by atoms with van der Waals surface area (Å²) in [6, 6.07) is 10.7. The van der Waals surface area contributed by atoms with Crippen molar-refractivity contribution in [3.8, 4) is 0 Å². The van der Waals surface area contributed by atoms with Crippen LogP contribution in [0.25, 0.3) is 0 Å². The number of rotatable bonds is 5. The molecule has 0 aromatic heterocycles. The number of benzene rings is 1. The molecule has 2 rings (SSSR count). The Kier molecular flexibility index (Phi) is 4.32. The first-order chi connectivity index (χ1) is 8.29. The van der Waals surface area contributed by atoms with Gasteiger partial charge in [0.2, 0.25) is 0 Å². The third kappa shape index (κ3) is 3.40. The van der Waals surface area contributed by atoms with Crippen molar-refractivity contribution < 1.29 is 4.79 Å². The second-order valence-electron chi connectivity index (χ2n) is 4.88. The lowest BCUT2D eigenvalue weighted by molar-refractivity contribution is -0.119. The molecule has 0 aliphatic carbocycles. The Morgan fingerprint density at radius 3 is 2.82 bits per heavy atom. The van der Waals surface area contributed by atoms with E-state index in [0.29, 0.717) is 24.8 Å². The topological polar surface area (TPSA) is 20.3 Å². The van der Waals surface area contributed by atoms with Crippen molar-refractivity contribution >= 4 is 5.78 Å². The lowest BCUT2D eigenvalue weighted by Crippen LogP contribution is -2.34. The summed E-state index contributed by atoms with van der Waals surface area (Å²) in [5.74, 6) is 0.344. The van der Waals surface area contributed by atoms with Crippen molar-refractivity contribution in [1.82, 2.24) is 4.90 Å². The van der Waals surface area contributed by atoms with Gasteiger partial charge in [-0.15, -0.1) is 0 Å². The van der Waals surface area contributed by atoms with E-state index in [-0.39, 0.29) is 0 Å². The smallest absolute Gasteiger partial charge is 0.151 e. The SMILES string of the molecule is CCC1CCCN1CC(=O)Cc1ccccc1. The molecule has 2 nitrogen and oxygen atoms in total. The summed E-state index contributed by atoms with van der Waals surface area (Å²) in [5.41, 5.74) is 1.13. The molecule has 0 radical (unpaired) electrons. The molecule has 1 aromatic rings. The van der Waals surface area contributed by atoms with Crippen molar-refractivity contribution in [3.05, 3.63) is 35.9 Å². The molecule has 17 heavy (non-hydrogen) atoms. The number of hydrogen-bond acceptors (Lipinski definition) is 2. The zero-order chi connectivity index (χ0) is 12.1. The minimum absolute atomic E-state index is 0.344. The minimum atomic E-state index is 0.344. The van der Waals surface area contributed by atoms with Crippen molar-refractivity contribution in [2.45, 2.75) is 38.6 Å². The predicted octanol–water partition coefficient (Wildman–Crippen LogP) is 2.67. The van der Waals surface area contributed by atoms with E-state index in [1.54, 1.807) is 0 Å². The van der Waals surface area contributed by atoms with Crippen LogP contribution in [0.5, 0.6) is 0 Å². The van der Waals surface area contributed by atoms with Crippen LogP contribution in [0.3, 0.4) is 0 Å². The van der Waals surface area contributed by atoms with Gasteiger partial charge in [0, 0.05) is 12.5 Å². The Hall–Kier alpha value is -1.15. The Bertz CT molecular complexity index is 360. The van der Waals surface area contributed by atoms with Crippen LogP contribution < -0.4 is 0 Å². The first-order valence-electron chi connectivity index (χ1n) is 6.59. The van der Waals surface area contributed by atoms with Crippen LogP contribution in [0, 0.1) is 0 Å². The summed E-state index contributed by atoms with van der Waals surface area (Å²) >= 11 is 0. The summed E-state index contributed by atoms with van der Waals surface area (Å²) in [7, 11) is 0. The van der Waals surface area contributed by atoms with E-state index in [4.69, 9.17) is 0 Å². The normalized spacial score (nSPS) is 20.6. The maximum absolute atomic E-state index is 12.0. The fraction of sp³-hybridized carbons (Fsp3) is 0.533. The fourth-order valence-electron chi connectivity index (χ4n) is 2.67. The van der Waals surface area contributed by atoms with Gasteiger partial charge in [0.15, 0.2) is 5.78 Å². The minimum Gasteiger partial charge on any atom is -0.298 e. The van der Waals surface area contributed by atoms with Gasteiger partial charge in [0.25, 0.3) is 0 Å². The maximum Gasteiger partial charge on any atom is 0.151 e. The van der Waals surface area contributed by atoms with E-state index >= 15 is 0 Å². The predicted molar refractivity (Wildman–Crippen MR) is 70.0 cm³/mol. The van der Waals surface area contributed by atoms with Gasteiger partial charge in [-0.2, -0.15) is 0 Å². The van der Waals surface area contributed by atoms with Gasteiger partial charge in [-0.25, -0.2) is 0 Å². The quantitative estimate of drug-likeness (QED) is 0.776. The molecular formula is C15H21NO. The van der Waals surface area contributed by atoms with Crippen LogP contribution in [0.15, 0.2) is 30.3 Å². The zero-order valence-electron chi connectivity index (χ0n) is 10.6. The molecule has 1 heterocycles. The number of carbonyl (C=O) groups is 1. The summed E-state index contributed by atoms with van der Waals surface area (Å²) in [4.78, 5) is 14.3. The summed E-state index contributed by atoms with van der Waals surface area (Å²) in [6.07, 6.45) is 4.25. The summed E-state index contributed by atoms with van der Waals surface area (Å²) < 4.78 is 0. The second kappa shape index (κ2) is 5.97. The molecule has 0 spiro atoms. The third-order valence-electron chi connectivity index (χ3n) is 3.59. The molecular weight excluding hydrogens is 210 g/mol. The standard InChI is InChI=1S/C15H21NO/c1-2-14-9-6-10-16(14)12-15(17)11-13-7-4-3-5-8-13/h3-5,7-8,14H,2,6,9-12H2,1H3. The summed E-state index contributed by atoms with van der Waals surface area (Å²) in [5, 5.41) is 0. The molecule has 1 aliphatic heterocycles. The highest BCUT2D eigenvalue weighted by Gasteiger charge is 2.24. The van der Waals surface area contributed by atoms with Gasteiger partial charge in [-0.3, -0.25) is 9.69 Å². The van der Waals surface area contributed by atoms with E-state index in [0.717, 1.165) is 12.1 Å². The zero-order valence-corrected chi connectivity index (χ0v) is 10.6. The van der Waals surface area contributed by atoms with Crippen molar-refractivity contribution in [3.63, 3.8) is 0 Å². The molecule has 0 bridgehead atoms. The van der Waals surface area contributed by atoms with Crippen LogP contribution in [0.2, 0.25) is 0 Å². The molecule has 1 saturated heterocycles. The molecule has 1 aliphatic rings. The van der Waals surface area contributed by atoms with Gasteiger partial charge in [0.05, 0.1) is 6.54 Å². The number of carbonyl (C=O) groups excluding carboxylic acids is 1. The Labute approximate surface area is 104 Å². The largest absolute Gasteiger partial charge is 0.298 e. The van der Waals surface area contributed by atoms with Crippen LogP contribution in [0.4, 0.5) is 0 Å². The van der Waals surface area contributed by atoms with Gasteiger partial charge in [-0.1, -0.05) is 37.3 Å². The van der Waals surface area contributed by atoms with Gasteiger partial charge in [-0.05, 0) is 31.4 Å². The Morgan fingerprint density at radius 1 is 1.35 bits per heavy atom. The van der Waals surface area contributed by atoms with Crippen LogP contribution in [0.1, 0.15) is 31.7 Å². The molecule has 1 unspecified atom stereocenters. The second-order valence-corrected chi connectivity index (χ2v) is 4.88. The molecule has 0 amide bonds. The lowest BCUT2D eigenvalue weighted by Gasteiger charge is -2.22. The summed E-state index contributed by atoms with van der Waals surface area (Å²) in [6.45, 7) is 3.94.